The van der Waals surface area contributed by atoms with Gasteiger partial charge in [0, 0.05) is 6.61 Å². The number of hydrogen-bond donors (Lipinski definition) is 1. The van der Waals surface area contributed by atoms with Crippen LogP contribution in [-0.4, -0.2) is 39.1 Å². The zero-order valence-corrected chi connectivity index (χ0v) is 10.8. The maximum absolute atomic E-state index is 10.5. The minimum Gasteiger partial charge on any atom is -0.389 e. The van der Waals surface area contributed by atoms with Gasteiger partial charge in [-0.1, -0.05) is 24.9 Å². The second-order valence-electron chi connectivity index (χ2n) is 3.86. The maximum Gasteiger partial charge on any atom is 0.408 e. The van der Waals surface area contributed by atoms with Gasteiger partial charge < -0.3 is 20.0 Å². The molecule has 102 valence electrons. The van der Waals surface area contributed by atoms with Gasteiger partial charge in [0.2, 0.25) is 0 Å². The van der Waals surface area contributed by atoms with Gasteiger partial charge in [0.05, 0.1) is 30.6 Å². The van der Waals surface area contributed by atoms with Crippen LogP contribution in [-0.2, 0) is 11.3 Å². The maximum atomic E-state index is 10.5. The van der Waals surface area contributed by atoms with E-state index in [4.69, 9.17) is 16.3 Å². The molecule has 0 aromatic carbocycles. The highest BCUT2D eigenvalue weighted by atomic mass is 35.5. The molecular formula is C10H16ClN3O4. The number of nitrogens with zero attached hydrogens (tertiary/aromatic N) is 3. The summed E-state index contributed by atoms with van der Waals surface area (Å²) in [6.07, 6.45) is 2.51. The summed E-state index contributed by atoms with van der Waals surface area (Å²) in [6.45, 7) is 2.92. The zero-order chi connectivity index (χ0) is 13.5. The van der Waals surface area contributed by atoms with Crippen molar-refractivity contribution in [2.45, 2.75) is 32.4 Å². The van der Waals surface area contributed by atoms with E-state index in [9.17, 15) is 15.2 Å². The minimum absolute atomic E-state index is 0.0425. The lowest BCUT2D eigenvalue weighted by Gasteiger charge is -2.09. The van der Waals surface area contributed by atoms with Gasteiger partial charge in [-0.05, 0) is 11.3 Å². The summed E-state index contributed by atoms with van der Waals surface area (Å²) >= 11 is 5.63. The van der Waals surface area contributed by atoms with E-state index >= 15 is 0 Å². The topological polar surface area (TPSA) is 90.4 Å². The van der Waals surface area contributed by atoms with E-state index < -0.39 is 16.8 Å². The minimum atomic E-state index is -0.766. The Labute approximate surface area is 109 Å². The van der Waals surface area contributed by atoms with Crippen molar-refractivity contribution in [3.63, 3.8) is 0 Å². The molecule has 0 spiro atoms. The van der Waals surface area contributed by atoms with Crippen LogP contribution in [0.4, 0.5) is 5.82 Å². The Morgan fingerprint density at radius 1 is 1.72 bits per heavy atom. The number of rotatable bonds is 8. The Morgan fingerprint density at radius 3 is 3.00 bits per heavy atom. The number of aliphatic hydroxyl groups excluding tert-OH is 1. The smallest absolute Gasteiger partial charge is 0.389 e. The molecule has 0 fully saturated rings. The van der Waals surface area contributed by atoms with E-state index in [0.29, 0.717) is 6.61 Å². The van der Waals surface area contributed by atoms with E-state index in [1.807, 2.05) is 6.92 Å². The highest BCUT2D eigenvalue weighted by Gasteiger charge is 2.20. The van der Waals surface area contributed by atoms with Gasteiger partial charge in [-0.3, -0.25) is 0 Å². The Morgan fingerprint density at radius 2 is 2.44 bits per heavy atom. The summed E-state index contributed by atoms with van der Waals surface area (Å²) in [7, 11) is 0. The molecular weight excluding hydrogens is 262 g/mol. The quantitative estimate of drug-likeness (QED) is 0.443. The second-order valence-corrected chi connectivity index (χ2v) is 4.27. The Hall–Kier alpha value is -1.18. The number of halogens is 1. The van der Waals surface area contributed by atoms with Gasteiger partial charge in [0.15, 0.2) is 5.02 Å². The fourth-order valence-electron chi connectivity index (χ4n) is 1.34. The van der Waals surface area contributed by atoms with Crippen LogP contribution in [0.15, 0.2) is 6.20 Å². The van der Waals surface area contributed by atoms with Gasteiger partial charge in [0.1, 0.15) is 0 Å². The van der Waals surface area contributed by atoms with Crippen molar-refractivity contribution < 1.29 is 14.8 Å². The van der Waals surface area contributed by atoms with Crippen LogP contribution in [0.2, 0.25) is 5.02 Å². The van der Waals surface area contributed by atoms with Crippen LogP contribution in [0.25, 0.3) is 0 Å². The number of unbranched alkanes of at least 4 members (excludes halogenated alkanes) is 1. The van der Waals surface area contributed by atoms with Crippen molar-refractivity contribution >= 4 is 17.4 Å². The summed E-state index contributed by atoms with van der Waals surface area (Å²) in [5.41, 5.74) is 0. The predicted octanol–water partition coefficient (Wildman–Crippen LogP) is 1.62. The van der Waals surface area contributed by atoms with Crippen LogP contribution in [0.3, 0.4) is 0 Å². The van der Waals surface area contributed by atoms with E-state index in [1.54, 1.807) is 0 Å². The van der Waals surface area contributed by atoms with Crippen LogP contribution < -0.4 is 0 Å². The van der Waals surface area contributed by atoms with Crippen molar-refractivity contribution in [2.75, 3.05) is 13.2 Å². The second kappa shape index (κ2) is 7.30. The molecule has 0 saturated carbocycles. The van der Waals surface area contributed by atoms with Gasteiger partial charge >= 0.3 is 5.82 Å². The summed E-state index contributed by atoms with van der Waals surface area (Å²) < 4.78 is 6.48. The van der Waals surface area contributed by atoms with Gasteiger partial charge in [-0.15, -0.1) is 0 Å². The van der Waals surface area contributed by atoms with Crippen LogP contribution >= 0.6 is 11.6 Å². The van der Waals surface area contributed by atoms with Gasteiger partial charge in [-0.2, -0.15) is 4.68 Å². The number of nitro groups is 1. The van der Waals surface area contributed by atoms with E-state index in [1.165, 1.54) is 10.9 Å². The molecule has 1 aromatic rings. The first-order valence-corrected chi connectivity index (χ1v) is 6.05. The Bertz CT molecular complexity index is 396. The third-order valence-electron chi connectivity index (χ3n) is 2.22. The highest BCUT2D eigenvalue weighted by molar-refractivity contribution is 6.32. The van der Waals surface area contributed by atoms with E-state index in [0.717, 1.165) is 12.8 Å². The predicted molar refractivity (Wildman–Crippen MR) is 65.6 cm³/mol. The molecule has 1 heterocycles. The average Bonchev–Trinajstić information content (AvgIpc) is 2.66. The Balaban J connectivity index is 2.42. The lowest BCUT2D eigenvalue weighted by atomic mass is 10.3. The lowest BCUT2D eigenvalue weighted by Crippen LogP contribution is -2.22. The third kappa shape index (κ3) is 4.59. The van der Waals surface area contributed by atoms with Gasteiger partial charge in [0.25, 0.3) is 0 Å². The molecule has 0 bridgehead atoms. The number of aromatic nitrogens is 2. The molecule has 0 aliphatic rings. The molecule has 0 radical (unpaired) electrons. The van der Waals surface area contributed by atoms with E-state index in [-0.39, 0.29) is 18.2 Å². The van der Waals surface area contributed by atoms with Crippen LogP contribution in [0.5, 0.6) is 0 Å². The van der Waals surface area contributed by atoms with Crippen molar-refractivity contribution in [1.29, 1.82) is 0 Å². The first kappa shape index (κ1) is 14.9. The summed E-state index contributed by atoms with van der Waals surface area (Å²) in [5, 5.41) is 23.8. The SMILES string of the molecule is CCCCOCC(O)Cn1cc(Cl)c([N+](=O)[O-])n1. The molecule has 1 N–H and O–H groups in total. The lowest BCUT2D eigenvalue weighted by molar-refractivity contribution is -0.389. The molecule has 18 heavy (non-hydrogen) atoms. The molecule has 1 unspecified atom stereocenters. The highest BCUT2D eigenvalue weighted by Crippen LogP contribution is 2.21. The fraction of sp³-hybridized carbons (Fsp3) is 0.700. The van der Waals surface area contributed by atoms with Crippen molar-refractivity contribution in [1.82, 2.24) is 9.78 Å². The number of aliphatic hydroxyl groups is 1. The summed E-state index contributed by atoms with van der Waals surface area (Å²) in [4.78, 5) is 9.86. The Kier molecular flexibility index (Phi) is 6.03. The zero-order valence-electron chi connectivity index (χ0n) is 10.1. The molecule has 0 aliphatic carbocycles. The molecule has 0 amide bonds. The van der Waals surface area contributed by atoms with Crippen molar-refractivity contribution in [3.05, 3.63) is 21.3 Å². The first-order chi connectivity index (χ1) is 8.54. The molecule has 1 aromatic heterocycles. The van der Waals surface area contributed by atoms with Crippen LogP contribution in [0, 0.1) is 10.1 Å². The summed E-state index contributed by atoms with van der Waals surface area (Å²) in [6, 6.07) is 0. The van der Waals surface area contributed by atoms with Crippen LogP contribution in [0.1, 0.15) is 19.8 Å². The molecule has 7 nitrogen and oxygen atoms in total. The van der Waals surface area contributed by atoms with Crippen molar-refractivity contribution in [3.8, 4) is 0 Å². The van der Waals surface area contributed by atoms with E-state index in [2.05, 4.69) is 5.10 Å². The number of hydrogen-bond acceptors (Lipinski definition) is 5. The summed E-state index contributed by atoms with van der Waals surface area (Å²) in [5.74, 6) is -0.407. The standard InChI is InChI=1S/C10H16ClN3O4/c1-2-3-4-18-7-8(15)5-13-6-9(11)10(12-13)14(16)17/h6,8,15H,2-5,7H2,1H3. The molecule has 0 saturated heterocycles. The molecule has 0 aliphatic heterocycles. The molecule has 8 heteroatoms. The monoisotopic (exact) mass is 277 g/mol. The normalized spacial score (nSPS) is 12.6. The molecule has 1 atom stereocenters. The average molecular weight is 278 g/mol. The number of ether oxygens (including phenoxy) is 1. The molecule has 1 rings (SSSR count). The van der Waals surface area contributed by atoms with Gasteiger partial charge in [-0.25, -0.2) is 0 Å². The third-order valence-corrected chi connectivity index (χ3v) is 2.49. The van der Waals surface area contributed by atoms with Crippen molar-refractivity contribution in [2.24, 2.45) is 0 Å². The first-order valence-electron chi connectivity index (χ1n) is 5.67. The largest absolute Gasteiger partial charge is 0.408 e. The fourth-order valence-corrected chi connectivity index (χ4v) is 1.56.